The third-order valence-electron chi connectivity index (χ3n) is 4.72. The number of benzene rings is 2. The molecule has 0 heterocycles. The van der Waals surface area contributed by atoms with Crippen molar-refractivity contribution in [2.45, 2.75) is 12.8 Å². The Morgan fingerprint density at radius 3 is 1.54 bits per heavy atom. The van der Waals surface area contributed by atoms with Gasteiger partial charge >= 0.3 is 0 Å². The van der Waals surface area contributed by atoms with Crippen LogP contribution in [0.15, 0.2) is 97.1 Å². The normalized spacial score (nSPS) is 11.1. The molecule has 0 fully saturated rings. The lowest BCUT2D eigenvalue weighted by Gasteiger charge is -2.19. The summed E-state index contributed by atoms with van der Waals surface area (Å²) in [5.41, 5.74) is 8.08. The summed E-state index contributed by atoms with van der Waals surface area (Å²) in [4.78, 5) is 0. The first-order chi connectivity index (χ1) is 11.8. The van der Waals surface area contributed by atoms with Crippen LogP contribution in [0.5, 0.6) is 0 Å². The monoisotopic (exact) mass is 308 g/mol. The molecular formula is C24H20. The highest BCUT2D eigenvalue weighted by atomic mass is 14.3. The Hall–Kier alpha value is -2.86. The lowest BCUT2D eigenvalue weighted by atomic mass is 9.84. The van der Waals surface area contributed by atoms with E-state index in [-0.39, 0.29) is 5.92 Å². The van der Waals surface area contributed by atoms with Gasteiger partial charge in [-0.15, -0.1) is 0 Å². The predicted octanol–water partition coefficient (Wildman–Crippen LogP) is 6.28. The van der Waals surface area contributed by atoms with Gasteiger partial charge in [0.1, 0.15) is 0 Å². The Morgan fingerprint density at radius 2 is 1.00 bits per heavy atom. The van der Waals surface area contributed by atoms with E-state index in [0.717, 1.165) is 0 Å². The van der Waals surface area contributed by atoms with Crippen molar-refractivity contribution < 1.29 is 0 Å². The van der Waals surface area contributed by atoms with Crippen LogP contribution in [0.1, 0.15) is 28.2 Å². The fraction of sp³-hybridized carbons (Fsp3) is 0.0833. The van der Waals surface area contributed by atoms with Crippen molar-refractivity contribution in [2.24, 2.45) is 0 Å². The van der Waals surface area contributed by atoms with E-state index in [9.17, 15) is 0 Å². The van der Waals surface area contributed by atoms with Crippen molar-refractivity contribution in [3.63, 3.8) is 0 Å². The minimum Gasteiger partial charge on any atom is -0.0622 e. The zero-order valence-corrected chi connectivity index (χ0v) is 13.8. The topological polar surface area (TPSA) is 0 Å². The second-order valence-electron chi connectivity index (χ2n) is 6.28. The zero-order chi connectivity index (χ0) is 16.4. The number of hydrogen-bond donors (Lipinski definition) is 0. The molecular weight excluding hydrogens is 288 g/mol. The summed E-state index contributed by atoms with van der Waals surface area (Å²) in [6, 6.07) is 34.8. The third-order valence-corrected chi connectivity index (χ3v) is 4.72. The Bertz CT molecular complexity index is 867. The van der Waals surface area contributed by atoms with E-state index in [4.69, 9.17) is 0 Å². The molecule has 4 rings (SSSR count). The van der Waals surface area contributed by atoms with Gasteiger partial charge in [-0.2, -0.15) is 0 Å². The van der Waals surface area contributed by atoms with Crippen molar-refractivity contribution in [3.8, 4) is 11.1 Å². The van der Waals surface area contributed by atoms with Crippen LogP contribution < -0.4 is 0 Å². The highest BCUT2D eigenvalue weighted by Crippen LogP contribution is 2.41. The van der Waals surface area contributed by atoms with E-state index >= 15 is 0 Å². The molecule has 0 spiro atoms. The van der Waals surface area contributed by atoms with Gasteiger partial charge in [0.05, 0.1) is 0 Å². The van der Waals surface area contributed by atoms with Gasteiger partial charge in [-0.25, -0.2) is 0 Å². The maximum atomic E-state index is 2.36. The highest BCUT2D eigenvalue weighted by Gasteiger charge is 2.22. The van der Waals surface area contributed by atoms with Crippen molar-refractivity contribution in [2.75, 3.05) is 0 Å². The summed E-state index contributed by atoms with van der Waals surface area (Å²) >= 11 is 0. The third kappa shape index (κ3) is 2.61. The molecule has 2 aromatic rings. The van der Waals surface area contributed by atoms with Gasteiger partial charge in [0.15, 0.2) is 0 Å². The van der Waals surface area contributed by atoms with Crippen molar-refractivity contribution >= 4 is 0 Å². The van der Waals surface area contributed by atoms with Crippen molar-refractivity contribution in [3.05, 3.63) is 119 Å². The van der Waals surface area contributed by atoms with Gasteiger partial charge < -0.3 is 0 Å². The minimum atomic E-state index is 0.256. The first kappa shape index (κ1) is 14.7. The molecule has 0 atom stereocenters. The van der Waals surface area contributed by atoms with Crippen LogP contribution in [0.25, 0.3) is 11.1 Å². The van der Waals surface area contributed by atoms with Gasteiger partial charge in [0.25, 0.3) is 0 Å². The predicted molar refractivity (Wildman–Crippen MR) is 102 cm³/mol. The molecule has 0 N–H and O–H groups in total. The first-order valence-corrected chi connectivity index (χ1v) is 8.43. The van der Waals surface area contributed by atoms with Gasteiger partial charge in [-0.1, -0.05) is 97.1 Å². The second-order valence-corrected chi connectivity index (χ2v) is 6.28. The quantitative estimate of drug-likeness (QED) is 0.418. The molecule has 2 aromatic carbocycles. The zero-order valence-electron chi connectivity index (χ0n) is 13.8. The smallest absolute Gasteiger partial charge is 0.0346 e. The van der Waals surface area contributed by atoms with Crippen LogP contribution in [0.3, 0.4) is 0 Å². The molecule has 2 aliphatic carbocycles. The van der Waals surface area contributed by atoms with Crippen LogP contribution >= 0.6 is 0 Å². The Morgan fingerprint density at radius 1 is 0.542 bits per heavy atom. The van der Waals surface area contributed by atoms with Gasteiger partial charge in [-0.3, -0.25) is 0 Å². The van der Waals surface area contributed by atoms with Crippen LogP contribution in [0, 0.1) is 6.92 Å². The molecule has 0 aliphatic heterocycles. The summed E-state index contributed by atoms with van der Waals surface area (Å²) < 4.78 is 0. The average molecular weight is 308 g/mol. The van der Waals surface area contributed by atoms with E-state index in [0.29, 0.717) is 0 Å². The summed E-state index contributed by atoms with van der Waals surface area (Å²) in [7, 11) is 0. The molecule has 0 saturated carbocycles. The van der Waals surface area contributed by atoms with Crippen LogP contribution in [0.4, 0.5) is 0 Å². The molecule has 0 aromatic heterocycles. The molecule has 0 amide bonds. The maximum Gasteiger partial charge on any atom is 0.0346 e. The molecule has 0 bridgehead atoms. The summed E-state index contributed by atoms with van der Waals surface area (Å²) in [6.45, 7) is 2.21. The maximum absolute atomic E-state index is 2.36. The fourth-order valence-corrected chi connectivity index (χ4v) is 3.61. The molecule has 0 radical (unpaired) electrons. The van der Waals surface area contributed by atoms with Crippen LogP contribution in [-0.4, -0.2) is 0 Å². The molecule has 0 nitrogen and oxygen atoms in total. The van der Waals surface area contributed by atoms with Crippen molar-refractivity contribution in [1.82, 2.24) is 0 Å². The fourth-order valence-electron chi connectivity index (χ4n) is 3.61. The first-order valence-electron chi connectivity index (χ1n) is 8.43. The molecule has 2 aliphatic rings. The average Bonchev–Trinajstić information content (AvgIpc) is 2.80. The van der Waals surface area contributed by atoms with E-state index < -0.39 is 0 Å². The van der Waals surface area contributed by atoms with Gasteiger partial charge in [0, 0.05) is 5.92 Å². The van der Waals surface area contributed by atoms with E-state index in [1.54, 1.807) is 0 Å². The number of aryl methyl sites for hydroxylation is 1. The van der Waals surface area contributed by atoms with Crippen molar-refractivity contribution in [1.29, 1.82) is 0 Å². The van der Waals surface area contributed by atoms with E-state index in [1.807, 2.05) is 0 Å². The van der Waals surface area contributed by atoms with Gasteiger partial charge in [-0.05, 0) is 40.3 Å². The minimum absolute atomic E-state index is 0.256. The lowest BCUT2D eigenvalue weighted by Crippen LogP contribution is -2.02. The second kappa shape index (κ2) is 6.33. The van der Waals surface area contributed by atoms with Crippen LogP contribution in [-0.2, 0) is 0 Å². The molecule has 0 saturated heterocycles. The molecule has 0 heteroatoms. The Balaban J connectivity index is 1.97. The Kier molecular flexibility index (Phi) is 3.88. The Labute approximate surface area is 143 Å². The summed E-state index contributed by atoms with van der Waals surface area (Å²) in [6.07, 6.45) is 0. The van der Waals surface area contributed by atoms with E-state index in [1.165, 1.54) is 33.4 Å². The largest absolute Gasteiger partial charge is 0.0622 e. The standard InChI is InChI=1S/C24H20/c1-18-17-23(22-16-10-4-9-15-21(18)22)24(19-11-5-2-6-12-19)20-13-7-3-8-14-20/h2-17,24H,1H3. The summed E-state index contributed by atoms with van der Waals surface area (Å²) in [5, 5.41) is 0. The molecule has 0 unspecified atom stereocenters. The highest BCUT2D eigenvalue weighted by molar-refractivity contribution is 5.76. The molecule has 116 valence electrons. The summed E-state index contributed by atoms with van der Waals surface area (Å²) in [5.74, 6) is 0.256. The number of fused-ring (bicyclic) bond motifs is 1. The SMILES string of the molecule is Cc1cc(C(c2ccccc2)c2ccccc2)c2cccccc1-2. The van der Waals surface area contributed by atoms with Gasteiger partial charge in [0.2, 0.25) is 0 Å². The van der Waals surface area contributed by atoms with Crippen LogP contribution in [0.2, 0.25) is 0 Å². The molecule has 24 heavy (non-hydrogen) atoms. The van der Waals surface area contributed by atoms with E-state index in [2.05, 4.69) is 104 Å². The number of hydrogen-bond acceptors (Lipinski definition) is 0. The lowest BCUT2D eigenvalue weighted by molar-refractivity contribution is 0.985. The number of rotatable bonds is 3.